The Morgan fingerprint density at radius 2 is 0.767 bits per heavy atom. The summed E-state index contributed by atoms with van der Waals surface area (Å²) < 4.78 is 0. The number of hydrogen-bond donors (Lipinski definition) is 0. The van der Waals surface area contributed by atoms with Crippen LogP contribution in [-0.2, 0) is 10.8 Å². The zero-order valence-corrected chi connectivity index (χ0v) is 19.6. The highest BCUT2D eigenvalue weighted by atomic mass is 14.3. The fourth-order valence-corrected chi connectivity index (χ4v) is 5.05. The van der Waals surface area contributed by atoms with Gasteiger partial charge in [-0.3, -0.25) is 0 Å². The molecule has 0 spiro atoms. The molecule has 5 aromatic rings. The summed E-state index contributed by atoms with van der Waals surface area (Å²) >= 11 is 0. The van der Waals surface area contributed by atoms with Gasteiger partial charge < -0.3 is 0 Å². The van der Waals surface area contributed by atoms with Crippen LogP contribution in [0.4, 0.5) is 0 Å². The van der Waals surface area contributed by atoms with Crippen LogP contribution < -0.4 is 0 Å². The summed E-state index contributed by atoms with van der Waals surface area (Å²) in [5, 5.41) is 11.2. The molecule has 0 heteroatoms. The molecule has 0 N–H and O–H groups in total. The fourth-order valence-electron chi connectivity index (χ4n) is 5.05. The quantitative estimate of drug-likeness (QED) is 0.182. The van der Waals surface area contributed by atoms with Crippen LogP contribution in [0, 0.1) is 13.8 Å². The Kier molecular flexibility index (Phi) is 3.86. The van der Waals surface area contributed by atoms with E-state index in [0.29, 0.717) is 0 Å². The van der Waals surface area contributed by atoms with Crippen molar-refractivity contribution in [2.24, 2.45) is 0 Å². The van der Waals surface area contributed by atoms with Gasteiger partial charge in [-0.05, 0) is 102 Å². The minimum atomic E-state index is 0.110. The number of fused-ring (bicyclic) bond motifs is 2. The molecule has 5 aromatic carbocycles. The van der Waals surface area contributed by atoms with Crippen molar-refractivity contribution in [2.75, 3.05) is 0 Å². The first-order valence-electron chi connectivity index (χ1n) is 11.1. The first kappa shape index (κ1) is 19.4. The van der Waals surface area contributed by atoms with Crippen LogP contribution in [0.1, 0.15) is 63.8 Å². The second-order valence-electron chi connectivity index (χ2n) is 11.4. The maximum absolute atomic E-state index is 2.46. The van der Waals surface area contributed by atoms with E-state index in [0.717, 1.165) is 0 Å². The summed E-state index contributed by atoms with van der Waals surface area (Å²) in [7, 11) is 0. The van der Waals surface area contributed by atoms with Gasteiger partial charge in [-0.15, -0.1) is 0 Å². The molecule has 0 heterocycles. The van der Waals surface area contributed by atoms with Gasteiger partial charge in [0, 0.05) is 0 Å². The van der Waals surface area contributed by atoms with Crippen molar-refractivity contribution < 1.29 is 0 Å². The normalized spacial score (nSPS) is 13.3. The molecule has 0 aromatic heterocycles. The molecule has 0 unspecified atom stereocenters. The third kappa shape index (κ3) is 2.81. The van der Waals surface area contributed by atoms with E-state index >= 15 is 0 Å². The van der Waals surface area contributed by atoms with E-state index in [9.17, 15) is 0 Å². The lowest BCUT2D eigenvalue weighted by Gasteiger charge is -2.25. The molecular formula is C30H32. The van der Waals surface area contributed by atoms with E-state index < -0.39 is 0 Å². The lowest BCUT2D eigenvalue weighted by Crippen LogP contribution is -2.12. The molecule has 0 aliphatic heterocycles. The van der Waals surface area contributed by atoms with Crippen LogP contribution in [0.2, 0.25) is 0 Å². The summed E-state index contributed by atoms with van der Waals surface area (Å²) in [4.78, 5) is 0. The molecule has 0 fully saturated rings. The van der Waals surface area contributed by atoms with E-state index in [-0.39, 0.29) is 10.8 Å². The highest BCUT2D eigenvalue weighted by Gasteiger charge is 2.22. The number of hydrogen-bond acceptors (Lipinski definition) is 0. The van der Waals surface area contributed by atoms with Gasteiger partial charge in [0.1, 0.15) is 0 Å². The van der Waals surface area contributed by atoms with Gasteiger partial charge in [0.15, 0.2) is 0 Å². The highest BCUT2D eigenvalue weighted by Crippen LogP contribution is 2.44. The van der Waals surface area contributed by atoms with Gasteiger partial charge in [-0.1, -0.05) is 77.9 Å². The third-order valence-electron chi connectivity index (χ3n) is 6.70. The summed E-state index contributed by atoms with van der Waals surface area (Å²) in [6.45, 7) is 18.4. The van der Waals surface area contributed by atoms with Crippen molar-refractivity contribution in [2.45, 2.75) is 66.2 Å². The summed E-state index contributed by atoms with van der Waals surface area (Å²) in [5.74, 6) is 0. The van der Waals surface area contributed by atoms with Crippen molar-refractivity contribution in [1.29, 1.82) is 0 Å². The molecule has 0 nitrogen and oxygen atoms in total. The Labute approximate surface area is 180 Å². The molecule has 0 bridgehead atoms. The molecule has 0 atom stereocenters. The van der Waals surface area contributed by atoms with E-state index in [4.69, 9.17) is 0 Å². The largest absolute Gasteiger partial charge is 0.0561 e. The van der Waals surface area contributed by atoms with E-state index in [1.165, 1.54) is 65.3 Å². The van der Waals surface area contributed by atoms with E-state index in [1.54, 1.807) is 0 Å². The Bertz CT molecular complexity index is 1350. The van der Waals surface area contributed by atoms with Crippen LogP contribution in [-0.4, -0.2) is 0 Å². The van der Waals surface area contributed by atoms with Crippen molar-refractivity contribution in [3.8, 4) is 0 Å². The van der Waals surface area contributed by atoms with Crippen LogP contribution in [0.25, 0.3) is 43.1 Å². The Hall–Kier alpha value is -2.60. The minimum Gasteiger partial charge on any atom is -0.0561 e. The van der Waals surface area contributed by atoms with Crippen LogP contribution in [0.15, 0.2) is 48.5 Å². The van der Waals surface area contributed by atoms with Gasteiger partial charge in [-0.2, -0.15) is 0 Å². The van der Waals surface area contributed by atoms with Crippen molar-refractivity contribution >= 4 is 43.1 Å². The Balaban J connectivity index is 2.15. The number of benzene rings is 5. The topological polar surface area (TPSA) is 0 Å². The maximum Gasteiger partial charge on any atom is -0.00260 e. The fraction of sp³-hybridized carbons (Fsp3) is 0.333. The highest BCUT2D eigenvalue weighted by molar-refractivity contribution is 6.33. The molecule has 152 valence electrons. The van der Waals surface area contributed by atoms with E-state index in [1.807, 2.05) is 0 Å². The Morgan fingerprint density at radius 3 is 1.13 bits per heavy atom. The van der Waals surface area contributed by atoms with Gasteiger partial charge in [0.25, 0.3) is 0 Å². The molecule has 0 saturated carbocycles. The van der Waals surface area contributed by atoms with Crippen LogP contribution >= 0.6 is 0 Å². The molecular weight excluding hydrogens is 360 g/mol. The van der Waals surface area contributed by atoms with Crippen molar-refractivity contribution in [1.82, 2.24) is 0 Å². The average Bonchev–Trinajstić information content (AvgIpc) is 2.62. The molecule has 0 radical (unpaired) electrons. The second-order valence-corrected chi connectivity index (χ2v) is 11.4. The smallest absolute Gasteiger partial charge is 0.00260 e. The molecule has 0 aliphatic rings. The van der Waals surface area contributed by atoms with Crippen molar-refractivity contribution in [3.63, 3.8) is 0 Å². The molecule has 0 amide bonds. The van der Waals surface area contributed by atoms with Gasteiger partial charge in [-0.25, -0.2) is 0 Å². The number of aryl methyl sites for hydroxylation is 2. The lowest BCUT2D eigenvalue weighted by molar-refractivity contribution is 0.590. The van der Waals surface area contributed by atoms with Gasteiger partial charge >= 0.3 is 0 Å². The molecule has 30 heavy (non-hydrogen) atoms. The SMILES string of the molecule is Cc1cc2cc(C)cc3c4cc(C(C)(C)C)cc5cc(C(C)(C)C)cc(c(c1)c23)c54. The standard InChI is InChI=1S/C30H32/c1-17-9-19-10-18(2)12-24-26-16-22(30(6,7)8)14-20-13-21(29(3,4)5)15-25(28(20)26)23(11-17)27(19)24/h9-16H,1-8H3. The molecule has 5 rings (SSSR count). The average molecular weight is 393 g/mol. The van der Waals surface area contributed by atoms with E-state index in [2.05, 4.69) is 104 Å². The van der Waals surface area contributed by atoms with Crippen molar-refractivity contribution in [3.05, 3.63) is 70.8 Å². The zero-order valence-electron chi connectivity index (χ0n) is 19.6. The summed E-state index contributed by atoms with van der Waals surface area (Å²) in [6, 6.07) is 19.3. The van der Waals surface area contributed by atoms with Gasteiger partial charge in [0.2, 0.25) is 0 Å². The first-order chi connectivity index (χ1) is 13.9. The Morgan fingerprint density at radius 1 is 0.433 bits per heavy atom. The van der Waals surface area contributed by atoms with Crippen LogP contribution in [0.3, 0.4) is 0 Å². The zero-order chi connectivity index (χ0) is 21.6. The third-order valence-corrected chi connectivity index (χ3v) is 6.70. The van der Waals surface area contributed by atoms with Crippen LogP contribution in [0.5, 0.6) is 0 Å². The predicted molar refractivity (Wildman–Crippen MR) is 135 cm³/mol. The predicted octanol–water partition coefficient (Wildman–Crippen LogP) is 8.95. The second kappa shape index (κ2) is 5.97. The first-order valence-corrected chi connectivity index (χ1v) is 11.1. The molecule has 0 saturated heterocycles. The lowest BCUT2D eigenvalue weighted by atomic mass is 9.79. The summed E-state index contributed by atoms with van der Waals surface area (Å²) in [6.07, 6.45) is 0. The maximum atomic E-state index is 2.46. The monoisotopic (exact) mass is 392 g/mol. The van der Waals surface area contributed by atoms with Gasteiger partial charge in [0.05, 0.1) is 0 Å². The number of rotatable bonds is 0. The summed E-state index contributed by atoms with van der Waals surface area (Å²) in [5.41, 5.74) is 5.70. The molecule has 0 aliphatic carbocycles. The minimum absolute atomic E-state index is 0.110.